The molecule has 1 amide bonds. The number of hydrogen-bond acceptors (Lipinski definition) is 4. The van der Waals surface area contributed by atoms with Crippen LogP contribution in [0, 0.1) is 29.3 Å². The molecule has 5 nitrogen and oxygen atoms in total. The zero-order valence-electron chi connectivity index (χ0n) is 18.3. The van der Waals surface area contributed by atoms with Crippen molar-refractivity contribution in [3.8, 4) is 23.1 Å². The van der Waals surface area contributed by atoms with Gasteiger partial charge >= 0.3 is 5.97 Å². The van der Waals surface area contributed by atoms with Gasteiger partial charge in [-0.2, -0.15) is 0 Å². The number of halogens is 4. The maximum absolute atomic E-state index is 14.9. The van der Waals surface area contributed by atoms with Crippen molar-refractivity contribution in [2.24, 2.45) is 0 Å². The van der Waals surface area contributed by atoms with Crippen LogP contribution in [0.2, 0.25) is 0 Å². The van der Waals surface area contributed by atoms with Gasteiger partial charge < -0.3 is 5.11 Å². The van der Waals surface area contributed by atoms with E-state index >= 15 is 0 Å². The van der Waals surface area contributed by atoms with Crippen LogP contribution in [0.3, 0.4) is 0 Å². The Morgan fingerprint density at radius 1 is 1.23 bits per heavy atom. The van der Waals surface area contributed by atoms with Gasteiger partial charge in [-0.25, -0.2) is 22.9 Å². The minimum atomic E-state index is -1.33. The lowest BCUT2D eigenvalue weighted by Gasteiger charge is -2.06. The molecule has 10 heteroatoms. The third-order valence-electron chi connectivity index (χ3n) is 4.70. The zero-order chi connectivity index (χ0) is 25.5. The molecular weight excluding hydrogens is 501 g/mol. The van der Waals surface area contributed by atoms with Crippen LogP contribution in [-0.2, 0) is 4.79 Å². The van der Waals surface area contributed by atoms with Crippen molar-refractivity contribution < 1.29 is 27.9 Å². The number of amides is 1. The summed E-state index contributed by atoms with van der Waals surface area (Å²) in [7, 11) is 0. The van der Waals surface area contributed by atoms with Crippen LogP contribution >= 0.6 is 22.9 Å². The third-order valence-corrected chi connectivity index (χ3v) is 5.72. The van der Waals surface area contributed by atoms with Crippen LogP contribution in [0.4, 0.5) is 18.3 Å². The molecule has 0 aliphatic carbocycles. The first-order valence-corrected chi connectivity index (χ1v) is 11.6. The molecule has 1 aromatic heterocycles. The van der Waals surface area contributed by atoms with Gasteiger partial charge in [-0.05, 0) is 43.7 Å². The van der Waals surface area contributed by atoms with Gasteiger partial charge in [0, 0.05) is 39.9 Å². The van der Waals surface area contributed by atoms with Gasteiger partial charge in [0.1, 0.15) is 17.5 Å². The van der Waals surface area contributed by atoms with E-state index < -0.39 is 34.9 Å². The number of carbonyl (C=O) groups excluding carboxylic acids is 1. The Bertz CT molecular complexity index is 1350. The number of hydrogen-bond donors (Lipinski definition) is 2. The van der Waals surface area contributed by atoms with Crippen molar-refractivity contribution in [2.45, 2.75) is 19.8 Å². The number of thiazole rings is 1. The number of nitrogens with one attached hydrogen (secondary N) is 1. The number of unbranched alkanes of at least 4 members (excludes halogenated alkanes) is 1. The van der Waals surface area contributed by atoms with Crippen LogP contribution in [0.15, 0.2) is 41.3 Å². The van der Waals surface area contributed by atoms with E-state index in [1.165, 1.54) is 18.4 Å². The maximum atomic E-state index is 14.9. The Balaban J connectivity index is 1.80. The van der Waals surface area contributed by atoms with Gasteiger partial charge in [-0.15, -0.1) is 22.9 Å². The fourth-order valence-electron chi connectivity index (χ4n) is 2.89. The molecule has 0 fully saturated rings. The van der Waals surface area contributed by atoms with Gasteiger partial charge in [0.25, 0.3) is 5.91 Å². The highest BCUT2D eigenvalue weighted by Crippen LogP contribution is 2.29. The molecule has 0 radical (unpaired) electrons. The number of carboxylic acids is 1. The van der Waals surface area contributed by atoms with Gasteiger partial charge in [-0.3, -0.25) is 10.1 Å². The summed E-state index contributed by atoms with van der Waals surface area (Å²) in [5.74, 6) is 1.17. The van der Waals surface area contributed by atoms with Gasteiger partial charge in [0.2, 0.25) is 0 Å². The molecule has 0 aliphatic heterocycles. The Hall–Kier alpha value is -3.61. The average Bonchev–Trinajstić information content (AvgIpc) is 3.27. The minimum absolute atomic E-state index is 0.0921. The summed E-state index contributed by atoms with van der Waals surface area (Å²) in [6.45, 7) is 1.19. The first-order valence-electron chi connectivity index (χ1n) is 10.2. The summed E-state index contributed by atoms with van der Waals surface area (Å²) in [4.78, 5) is 27.6. The van der Waals surface area contributed by atoms with Crippen molar-refractivity contribution >= 4 is 46.0 Å². The number of rotatable bonds is 7. The SMILES string of the molecule is CC(=Cc1c(F)cc(C(=O)Nc2nc(-c3cccc(C#CCCCCl)c3F)cs2)cc1F)C(=O)O. The summed E-state index contributed by atoms with van der Waals surface area (Å²) in [6.07, 6.45) is 2.07. The zero-order valence-corrected chi connectivity index (χ0v) is 19.9. The average molecular weight is 519 g/mol. The molecule has 0 spiro atoms. The molecule has 3 aromatic rings. The van der Waals surface area contributed by atoms with Gasteiger partial charge in [-0.1, -0.05) is 17.9 Å². The predicted molar refractivity (Wildman–Crippen MR) is 130 cm³/mol. The number of aromatic nitrogens is 1. The van der Waals surface area contributed by atoms with E-state index in [-0.39, 0.29) is 33.1 Å². The summed E-state index contributed by atoms with van der Waals surface area (Å²) in [6, 6.07) is 6.28. The smallest absolute Gasteiger partial charge is 0.331 e. The fraction of sp³-hybridized carbons (Fsp3) is 0.160. The molecule has 0 atom stereocenters. The molecule has 3 rings (SSSR count). The van der Waals surface area contributed by atoms with Crippen molar-refractivity contribution in [3.05, 3.63) is 75.4 Å². The van der Waals surface area contributed by atoms with Gasteiger partial charge in [0.05, 0.1) is 11.3 Å². The third kappa shape index (κ3) is 6.50. The molecule has 180 valence electrons. The maximum Gasteiger partial charge on any atom is 0.331 e. The predicted octanol–water partition coefficient (Wildman–Crippen LogP) is 6.34. The minimum Gasteiger partial charge on any atom is -0.478 e. The fourth-order valence-corrected chi connectivity index (χ4v) is 3.73. The normalized spacial score (nSPS) is 11.1. The van der Waals surface area contributed by atoms with Crippen LogP contribution in [0.25, 0.3) is 17.3 Å². The largest absolute Gasteiger partial charge is 0.478 e. The summed E-state index contributed by atoms with van der Waals surface area (Å²) >= 11 is 6.62. The van der Waals surface area contributed by atoms with Gasteiger partial charge in [0.15, 0.2) is 5.13 Å². The van der Waals surface area contributed by atoms with E-state index in [9.17, 15) is 22.8 Å². The van der Waals surface area contributed by atoms with Crippen LogP contribution in [0.5, 0.6) is 0 Å². The molecule has 35 heavy (non-hydrogen) atoms. The molecular formula is C25H18ClF3N2O3S. The number of carboxylic acid groups (broad SMARTS) is 1. The number of alkyl halides is 1. The highest BCUT2D eigenvalue weighted by atomic mass is 35.5. The van der Waals surface area contributed by atoms with Crippen LogP contribution < -0.4 is 5.32 Å². The van der Waals surface area contributed by atoms with E-state index in [1.807, 2.05) is 0 Å². The lowest BCUT2D eigenvalue weighted by Crippen LogP contribution is -2.13. The molecule has 0 saturated carbocycles. The molecule has 0 aliphatic rings. The van der Waals surface area contributed by atoms with Crippen molar-refractivity contribution in [1.29, 1.82) is 0 Å². The Kier molecular flexibility index (Phi) is 8.68. The molecule has 1 heterocycles. The van der Waals surface area contributed by atoms with Crippen molar-refractivity contribution in [1.82, 2.24) is 4.98 Å². The second kappa shape index (κ2) is 11.7. The molecule has 2 aromatic carbocycles. The van der Waals surface area contributed by atoms with E-state index in [4.69, 9.17) is 16.7 Å². The molecule has 0 saturated heterocycles. The highest BCUT2D eigenvalue weighted by molar-refractivity contribution is 7.14. The topological polar surface area (TPSA) is 79.3 Å². The Morgan fingerprint density at radius 2 is 1.94 bits per heavy atom. The summed E-state index contributed by atoms with van der Waals surface area (Å²) in [5, 5.41) is 12.9. The number of carbonyl (C=O) groups is 2. The van der Waals surface area contributed by atoms with Crippen molar-refractivity contribution in [3.63, 3.8) is 0 Å². The number of anilines is 1. The number of benzene rings is 2. The standard InChI is InChI=1S/C25H18ClF3N2O3S/c1-14(24(33)34)10-18-19(27)11-16(12-20(18)28)23(32)31-25-30-21(13-35-25)17-8-5-7-15(22(17)29)6-3-2-4-9-26/h5,7-8,10-13H,2,4,9H2,1H3,(H,33,34)(H,30,31,32). The number of aliphatic carboxylic acids is 1. The van der Waals surface area contributed by atoms with Crippen LogP contribution in [0.1, 0.15) is 41.3 Å². The second-order valence-electron chi connectivity index (χ2n) is 7.24. The van der Waals surface area contributed by atoms with E-state index in [2.05, 4.69) is 22.1 Å². The first kappa shape index (κ1) is 26.0. The number of nitrogens with zero attached hydrogens (tertiary/aromatic N) is 1. The van der Waals surface area contributed by atoms with E-state index in [0.29, 0.717) is 18.7 Å². The molecule has 0 unspecified atom stereocenters. The van der Waals surface area contributed by atoms with E-state index in [1.54, 1.807) is 12.1 Å². The lowest BCUT2D eigenvalue weighted by molar-refractivity contribution is -0.132. The lowest BCUT2D eigenvalue weighted by atomic mass is 10.1. The highest BCUT2D eigenvalue weighted by Gasteiger charge is 2.17. The summed E-state index contributed by atoms with van der Waals surface area (Å²) < 4.78 is 43.6. The second-order valence-corrected chi connectivity index (χ2v) is 8.48. The monoisotopic (exact) mass is 518 g/mol. The molecule has 0 bridgehead atoms. The first-order chi connectivity index (χ1) is 16.7. The molecule has 2 N–H and O–H groups in total. The van der Waals surface area contributed by atoms with Crippen LogP contribution in [-0.4, -0.2) is 27.8 Å². The Labute approximate surface area is 208 Å². The Morgan fingerprint density at radius 3 is 2.60 bits per heavy atom. The van der Waals surface area contributed by atoms with Crippen molar-refractivity contribution in [2.75, 3.05) is 11.2 Å². The quantitative estimate of drug-likeness (QED) is 0.166. The summed E-state index contributed by atoms with van der Waals surface area (Å²) in [5.41, 5.74) is -0.523. The van der Waals surface area contributed by atoms with E-state index in [0.717, 1.165) is 29.5 Å².